The second-order valence-electron chi connectivity index (χ2n) is 2.87. The minimum absolute atomic E-state index is 0.0598. The summed E-state index contributed by atoms with van der Waals surface area (Å²) in [5, 5.41) is 0. The average molecular weight is 270 g/mol. The maximum atomic E-state index is 10.9. The van der Waals surface area contributed by atoms with Gasteiger partial charge in [0.25, 0.3) is 0 Å². The monoisotopic (exact) mass is 270 g/mol. The van der Waals surface area contributed by atoms with Crippen LogP contribution in [-0.4, -0.2) is 17.0 Å². The number of hydrogen-bond acceptors (Lipinski definition) is 2. The van der Waals surface area contributed by atoms with E-state index in [2.05, 4.69) is 22.6 Å². The summed E-state index contributed by atoms with van der Waals surface area (Å²) < 4.78 is 5.99. The molecule has 0 heterocycles. The van der Waals surface area contributed by atoms with E-state index in [0.29, 0.717) is 18.9 Å². The Morgan fingerprint density at radius 3 is 2.64 bits per heavy atom. The van der Waals surface area contributed by atoms with Crippen molar-refractivity contribution in [2.45, 2.75) is 26.7 Å². The van der Waals surface area contributed by atoms with E-state index in [1.807, 2.05) is 13.8 Å². The van der Waals surface area contributed by atoms with E-state index in [-0.39, 0.29) is 5.97 Å². The molecular weight excluding hydrogens is 255 g/mol. The molecule has 2 nitrogen and oxygen atoms in total. The Balaban J connectivity index is 3.23. The van der Waals surface area contributed by atoms with Gasteiger partial charge in [0.2, 0.25) is 0 Å². The Bertz CT molecular complexity index is 113. The average Bonchev–Trinajstić information content (AvgIpc) is 1.97. The summed E-state index contributed by atoms with van der Waals surface area (Å²) in [5.74, 6) is 0.383. The van der Waals surface area contributed by atoms with Crippen molar-refractivity contribution in [3.8, 4) is 0 Å². The fourth-order valence-corrected chi connectivity index (χ4v) is 0.924. The number of carbonyl (C=O) groups excluding carboxylic acids is 1. The van der Waals surface area contributed by atoms with Gasteiger partial charge in [-0.3, -0.25) is 4.79 Å². The van der Waals surface area contributed by atoms with Crippen LogP contribution < -0.4 is 0 Å². The van der Waals surface area contributed by atoms with E-state index in [1.54, 1.807) is 0 Å². The van der Waals surface area contributed by atoms with Gasteiger partial charge in [-0.25, -0.2) is 0 Å². The van der Waals surface area contributed by atoms with Gasteiger partial charge in [-0.2, -0.15) is 0 Å². The zero-order valence-corrected chi connectivity index (χ0v) is 9.26. The van der Waals surface area contributed by atoms with E-state index in [1.165, 1.54) is 0 Å². The van der Waals surface area contributed by atoms with Crippen molar-refractivity contribution in [2.75, 3.05) is 11.0 Å². The summed E-state index contributed by atoms with van der Waals surface area (Å²) in [5.41, 5.74) is 0. The molecule has 0 saturated carbocycles. The van der Waals surface area contributed by atoms with E-state index in [0.717, 1.165) is 10.8 Å². The van der Waals surface area contributed by atoms with Gasteiger partial charge >= 0.3 is 5.97 Å². The molecule has 0 aliphatic heterocycles. The predicted molar refractivity (Wildman–Crippen MR) is 53.9 cm³/mol. The summed E-state index contributed by atoms with van der Waals surface area (Å²) in [6, 6.07) is 0. The van der Waals surface area contributed by atoms with Crippen molar-refractivity contribution < 1.29 is 9.53 Å². The highest BCUT2D eigenvalue weighted by Crippen LogP contribution is 1.99. The molecule has 0 aromatic heterocycles. The molecule has 0 radical (unpaired) electrons. The SMILES string of the molecule is CC(C)COC(=O)CCCI. The molecule has 0 atom stereocenters. The Labute approximate surface area is 81.8 Å². The number of carbonyl (C=O) groups is 1. The number of halogens is 1. The van der Waals surface area contributed by atoms with E-state index >= 15 is 0 Å². The second-order valence-corrected chi connectivity index (χ2v) is 3.95. The zero-order valence-electron chi connectivity index (χ0n) is 7.10. The van der Waals surface area contributed by atoms with Gasteiger partial charge in [-0.15, -0.1) is 0 Å². The normalized spacial score (nSPS) is 10.2. The van der Waals surface area contributed by atoms with Gasteiger partial charge in [-0.05, 0) is 12.3 Å². The minimum Gasteiger partial charge on any atom is -0.465 e. The van der Waals surface area contributed by atoms with Crippen LogP contribution in [0.15, 0.2) is 0 Å². The standard InChI is InChI=1S/C8H15IO2/c1-7(2)6-11-8(10)4-3-5-9/h7H,3-6H2,1-2H3. The molecule has 0 spiro atoms. The molecule has 0 amide bonds. The summed E-state index contributed by atoms with van der Waals surface area (Å²) in [4.78, 5) is 10.9. The van der Waals surface area contributed by atoms with Crippen LogP contribution in [0, 0.1) is 5.92 Å². The maximum absolute atomic E-state index is 10.9. The fourth-order valence-electron chi connectivity index (χ4n) is 0.543. The van der Waals surface area contributed by atoms with Crippen molar-refractivity contribution >= 4 is 28.6 Å². The first-order valence-corrected chi connectivity index (χ1v) is 5.41. The first kappa shape index (κ1) is 11.2. The second kappa shape index (κ2) is 6.88. The Morgan fingerprint density at radius 1 is 1.55 bits per heavy atom. The van der Waals surface area contributed by atoms with Crippen molar-refractivity contribution in [1.82, 2.24) is 0 Å². The van der Waals surface area contributed by atoms with Crippen molar-refractivity contribution in [1.29, 1.82) is 0 Å². The van der Waals surface area contributed by atoms with Crippen molar-refractivity contribution in [3.63, 3.8) is 0 Å². The molecule has 66 valence electrons. The van der Waals surface area contributed by atoms with Crippen LogP contribution in [0.3, 0.4) is 0 Å². The molecule has 0 aromatic rings. The molecule has 0 aromatic carbocycles. The number of ether oxygens (including phenoxy) is 1. The highest BCUT2D eigenvalue weighted by atomic mass is 127. The van der Waals surface area contributed by atoms with E-state index in [4.69, 9.17) is 4.74 Å². The minimum atomic E-state index is -0.0598. The lowest BCUT2D eigenvalue weighted by atomic mass is 10.2. The molecule has 3 heteroatoms. The van der Waals surface area contributed by atoms with Crippen LogP contribution in [0.5, 0.6) is 0 Å². The maximum Gasteiger partial charge on any atom is 0.305 e. The number of rotatable bonds is 5. The van der Waals surface area contributed by atoms with Crippen molar-refractivity contribution in [3.05, 3.63) is 0 Å². The zero-order chi connectivity index (χ0) is 8.69. The third kappa shape index (κ3) is 8.10. The van der Waals surface area contributed by atoms with Gasteiger partial charge in [0.05, 0.1) is 6.61 Å². The van der Waals surface area contributed by atoms with Gasteiger partial charge in [0.15, 0.2) is 0 Å². The fraction of sp³-hybridized carbons (Fsp3) is 0.875. The highest BCUT2D eigenvalue weighted by molar-refractivity contribution is 14.1. The Kier molecular flexibility index (Phi) is 7.01. The highest BCUT2D eigenvalue weighted by Gasteiger charge is 2.02. The summed E-state index contributed by atoms with van der Waals surface area (Å²) in [6.07, 6.45) is 1.49. The van der Waals surface area contributed by atoms with Crippen molar-refractivity contribution in [2.24, 2.45) is 5.92 Å². The topological polar surface area (TPSA) is 26.3 Å². The largest absolute Gasteiger partial charge is 0.465 e. The molecule has 0 fully saturated rings. The lowest BCUT2D eigenvalue weighted by molar-refractivity contribution is -0.144. The Morgan fingerprint density at radius 2 is 2.18 bits per heavy atom. The summed E-state index contributed by atoms with van der Waals surface area (Å²) in [7, 11) is 0. The van der Waals surface area contributed by atoms with Gasteiger partial charge < -0.3 is 4.74 Å². The van der Waals surface area contributed by atoms with Crippen LogP contribution in [0.2, 0.25) is 0 Å². The summed E-state index contributed by atoms with van der Waals surface area (Å²) in [6.45, 7) is 4.62. The Hall–Kier alpha value is 0.200. The van der Waals surface area contributed by atoms with Crippen LogP contribution in [0.4, 0.5) is 0 Å². The van der Waals surface area contributed by atoms with Gasteiger partial charge in [-0.1, -0.05) is 36.4 Å². The van der Waals surface area contributed by atoms with Crippen LogP contribution in [0.1, 0.15) is 26.7 Å². The van der Waals surface area contributed by atoms with Crippen LogP contribution >= 0.6 is 22.6 Å². The van der Waals surface area contributed by atoms with Gasteiger partial charge in [0.1, 0.15) is 0 Å². The first-order chi connectivity index (χ1) is 5.16. The molecule has 11 heavy (non-hydrogen) atoms. The van der Waals surface area contributed by atoms with E-state index in [9.17, 15) is 4.79 Å². The molecule has 0 rings (SSSR count). The number of hydrogen-bond donors (Lipinski definition) is 0. The van der Waals surface area contributed by atoms with E-state index < -0.39 is 0 Å². The molecule has 0 aliphatic rings. The molecule has 0 saturated heterocycles. The molecule has 0 bridgehead atoms. The first-order valence-electron chi connectivity index (χ1n) is 3.88. The smallest absolute Gasteiger partial charge is 0.305 e. The van der Waals surface area contributed by atoms with Crippen LogP contribution in [-0.2, 0) is 9.53 Å². The third-order valence-electron chi connectivity index (χ3n) is 1.09. The molecular formula is C8H15IO2. The molecule has 0 unspecified atom stereocenters. The number of esters is 1. The predicted octanol–water partition coefficient (Wildman–Crippen LogP) is 2.40. The lowest BCUT2D eigenvalue weighted by Crippen LogP contribution is -2.09. The van der Waals surface area contributed by atoms with Gasteiger partial charge in [0, 0.05) is 10.8 Å². The molecule has 0 N–H and O–H groups in total. The number of alkyl halides is 1. The van der Waals surface area contributed by atoms with Crippen LogP contribution in [0.25, 0.3) is 0 Å². The summed E-state index contributed by atoms with van der Waals surface area (Å²) >= 11 is 2.25. The quantitative estimate of drug-likeness (QED) is 0.435. The lowest BCUT2D eigenvalue weighted by Gasteiger charge is -2.05. The third-order valence-corrected chi connectivity index (χ3v) is 1.85. The molecule has 0 aliphatic carbocycles.